The summed E-state index contributed by atoms with van der Waals surface area (Å²) in [6, 6.07) is 12.5. The lowest BCUT2D eigenvalue weighted by molar-refractivity contribution is -0.386. The van der Waals surface area contributed by atoms with E-state index in [9.17, 15) is 18.5 Å². The number of nitrogens with zero attached hydrogens (tertiary/aromatic N) is 1. The van der Waals surface area contributed by atoms with Crippen molar-refractivity contribution < 1.29 is 13.3 Å². The Hall–Kier alpha value is -2.41. The van der Waals surface area contributed by atoms with Crippen LogP contribution in [0, 0.1) is 10.1 Å². The van der Waals surface area contributed by atoms with Gasteiger partial charge >= 0.3 is 5.69 Å². The SMILES string of the molecule is CS(=O)(=O)c1cccc(NCC2CCc3ccccc32)c1[N+](=O)[O-]. The van der Waals surface area contributed by atoms with E-state index in [4.69, 9.17) is 0 Å². The largest absolute Gasteiger partial charge is 0.379 e. The summed E-state index contributed by atoms with van der Waals surface area (Å²) in [5.74, 6) is 0.266. The number of nitro benzene ring substituents is 1. The number of benzene rings is 2. The van der Waals surface area contributed by atoms with E-state index in [0.717, 1.165) is 19.1 Å². The number of aryl methyl sites for hydroxylation is 1. The molecule has 1 aliphatic carbocycles. The van der Waals surface area contributed by atoms with Gasteiger partial charge < -0.3 is 5.32 Å². The third-order valence-corrected chi connectivity index (χ3v) is 5.51. The number of hydrogen-bond acceptors (Lipinski definition) is 5. The highest BCUT2D eigenvalue weighted by molar-refractivity contribution is 7.90. The highest BCUT2D eigenvalue weighted by atomic mass is 32.2. The lowest BCUT2D eigenvalue weighted by atomic mass is 10.0. The van der Waals surface area contributed by atoms with Crippen LogP contribution < -0.4 is 5.32 Å². The van der Waals surface area contributed by atoms with Crippen molar-refractivity contribution in [2.24, 2.45) is 0 Å². The number of hydrogen-bond donors (Lipinski definition) is 1. The molecule has 2 aromatic rings. The van der Waals surface area contributed by atoms with Crippen LogP contribution in [0.15, 0.2) is 47.4 Å². The van der Waals surface area contributed by atoms with Crippen molar-refractivity contribution in [3.8, 4) is 0 Å². The summed E-state index contributed by atoms with van der Waals surface area (Å²) in [5.41, 5.74) is 2.43. The molecule has 1 N–H and O–H groups in total. The van der Waals surface area contributed by atoms with E-state index in [1.54, 1.807) is 6.07 Å². The van der Waals surface area contributed by atoms with E-state index in [1.807, 2.05) is 12.1 Å². The van der Waals surface area contributed by atoms with Crippen molar-refractivity contribution in [1.29, 1.82) is 0 Å². The fourth-order valence-electron chi connectivity index (χ4n) is 3.24. The van der Waals surface area contributed by atoms with Gasteiger partial charge in [-0.15, -0.1) is 0 Å². The van der Waals surface area contributed by atoms with E-state index in [2.05, 4.69) is 17.4 Å². The number of nitrogens with one attached hydrogen (secondary N) is 1. The monoisotopic (exact) mass is 346 g/mol. The normalized spacial score (nSPS) is 16.6. The molecule has 6 nitrogen and oxygen atoms in total. The molecule has 1 aliphatic rings. The van der Waals surface area contributed by atoms with Gasteiger partial charge in [-0.2, -0.15) is 0 Å². The Bertz CT molecular complexity index is 893. The quantitative estimate of drug-likeness (QED) is 0.663. The minimum absolute atomic E-state index is 0.243. The van der Waals surface area contributed by atoms with Gasteiger partial charge in [-0.1, -0.05) is 30.3 Å². The lowest BCUT2D eigenvalue weighted by Crippen LogP contribution is -2.13. The Kier molecular flexibility index (Phi) is 4.28. The third kappa shape index (κ3) is 3.12. The van der Waals surface area contributed by atoms with E-state index in [0.29, 0.717) is 6.54 Å². The smallest absolute Gasteiger partial charge is 0.310 e. The molecule has 0 amide bonds. The second-order valence-corrected chi connectivity index (χ2v) is 7.98. The first-order chi connectivity index (χ1) is 11.4. The van der Waals surface area contributed by atoms with Crippen molar-refractivity contribution in [3.63, 3.8) is 0 Å². The molecule has 0 aromatic heterocycles. The van der Waals surface area contributed by atoms with Crippen molar-refractivity contribution >= 4 is 21.2 Å². The average Bonchev–Trinajstić information content (AvgIpc) is 2.94. The molecule has 24 heavy (non-hydrogen) atoms. The zero-order chi connectivity index (χ0) is 17.3. The maximum Gasteiger partial charge on any atom is 0.310 e. The highest BCUT2D eigenvalue weighted by Gasteiger charge is 2.27. The van der Waals surface area contributed by atoms with Crippen molar-refractivity contribution in [2.45, 2.75) is 23.7 Å². The predicted molar refractivity (Wildman–Crippen MR) is 92.2 cm³/mol. The summed E-state index contributed by atoms with van der Waals surface area (Å²) in [6.07, 6.45) is 2.95. The van der Waals surface area contributed by atoms with Gasteiger partial charge in [0.2, 0.25) is 0 Å². The topological polar surface area (TPSA) is 89.3 Å². The van der Waals surface area contributed by atoms with Crippen molar-refractivity contribution in [3.05, 3.63) is 63.7 Å². The Morgan fingerprint density at radius 1 is 1.21 bits per heavy atom. The zero-order valence-corrected chi connectivity index (χ0v) is 14.0. The fourth-order valence-corrected chi connectivity index (χ4v) is 4.10. The Morgan fingerprint density at radius 3 is 2.67 bits per heavy atom. The molecule has 0 saturated carbocycles. The third-order valence-electron chi connectivity index (χ3n) is 4.38. The summed E-state index contributed by atoms with van der Waals surface area (Å²) in [5, 5.41) is 14.5. The molecule has 0 aliphatic heterocycles. The van der Waals surface area contributed by atoms with Gasteiger partial charge in [-0.3, -0.25) is 10.1 Å². The first-order valence-corrected chi connectivity index (χ1v) is 9.56. The van der Waals surface area contributed by atoms with Crippen LogP contribution in [0.4, 0.5) is 11.4 Å². The molecule has 0 heterocycles. The standard InChI is InChI=1S/C17H18N2O4S/c1-24(22,23)16-8-4-7-15(17(16)19(20)21)18-11-13-10-9-12-5-2-3-6-14(12)13/h2-8,13,18H,9-11H2,1H3. The first kappa shape index (κ1) is 16.4. The molecule has 126 valence electrons. The van der Waals surface area contributed by atoms with E-state index in [1.165, 1.54) is 23.3 Å². The molecule has 3 rings (SSSR count). The first-order valence-electron chi connectivity index (χ1n) is 7.67. The Labute approximate surface area is 140 Å². The van der Waals surface area contributed by atoms with Crippen molar-refractivity contribution in [1.82, 2.24) is 0 Å². The Balaban J connectivity index is 1.88. The van der Waals surface area contributed by atoms with Gasteiger partial charge in [0.1, 0.15) is 10.6 Å². The minimum Gasteiger partial charge on any atom is -0.379 e. The summed E-state index contributed by atoms with van der Waals surface area (Å²) in [7, 11) is -3.67. The van der Waals surface area contributed by atoms with Crippen LogP contribution in [0.1, 0.15) is 23.5 Å². The van der Waals surface area contributed by atoms with Gasteiger partial charge in [0.05, 0.1) is 4.92 Å². The van der Waals surface area contributed by atoms with Crippen LogP contribution >= 0.6 is 0 Å². The maximum absolute atomic E-state index is 11.8. The van der Waals surface area contributed by atoms with Crippen LogP contribution in [-0.2, 0) is 16.3 Å². The number of nitro groups is 1. The van der Waals surface area contributed by atoms with Gasteiger partial charge in [-0.25, -0.2) is 8.42 Å². The predicted octanol–water partition coefficient (Wildman–Crippen LogP) is 3.14. The summed E-state index contributed by atoms with van der Waals surface area (Å²) >= 11 is 0. The van der Waals surface area contributed by atoms with Crippen LogP contribution in [0.3, 0.4) is 0 Å². The van der Waals surface area contributed by atoms with E-state index >= 15 is 0 Å². The fraction of sp³-hybridized carbons (Fsp3) is 0.294. The van der Waals surface area contributed by atoms with Gasteiger partial charge in [0.25, 0.3) is 0 Å². The molecular formula is C17H18N2O4S. The van der Waals surface area contributed by atoms with E-state index < -0.39 is 14.8 Å². The summed E-state index contributed by atoms with van der Waals surface area (Å²) in [6.45, 7) is 0.533. The molecule has 0 spiro atoms. The number of rotatable bonds is 5. The van der Waals surface area contributed by atoms with Gasteiger partial charge in [0.15, 0.2) is 9.84 Å². The van der Waals surface area contributed by atoms with Crippen LogP contribution in [0.25, 0.3) is 0 Å². The van der Waals surface area contributed by atoms with Crippen molar-refractivity contribution in [2.75, 3.05) is 18.1 Å². The van der Waals surface area contributed by atoms with E-state index in [-0.39, 0.29) is 22.2 Å². The number of fused-ring (bicyclic) bond motifs is 1. The Morgan fingerprint density at radius 2 is 1.96 bits per heavy atom. The number of sulfone groups is 1. The second kappa shape index (κ2) is 6.24. The van der Waals surface area contributed by atoms with Crippen LogP contribution in [-0.4, -0.2) is 26.1 Å². The zero-order valence-electron chi connectivity index (χ0n) is 13.2. The molecular weight excluding hydrogens is 328 g/mol. The minimum atomic E-state index is -3.67. The highest BCUT2D eigenvalue weighted by Crippen LogP contribution is 2.35. The molecule has 0 bridgehead atoms. The molecule has 0 fully saturated rings. The second-order valence-electron chi connectivity index (χ2n) is 6.00. The van der Waals surface area contributed by atoms with Gasteiger partial charge in [-0.05, 0) is 36.1 Å². The average molecular weight is 346 g/mol. The molecule has 0 radical (unpaired) electrons. The summed E-state index contributed by atoms with van der Waals surface area (Å²) in [4.78, 5) is 10.5. The maximum atomic E-state index is 11.8. The molecule has 1 unspecified atom stereocenters. The summed E-state index contributed by atoms with van der Waals surface area (Å²) < 4.78 is 23.6. The van der Waals surface area contributed by atoms with Crippen LogP contribution in [0.2, 0.25) is 0 Å². The molecule has 2 aromatic carbocycles. The molecule has 7 heteroatoms. The molecule has 1 atom stereocenters. The lowest BCUT2D eigenvalue weighted by Gasteiger charge is -2.14. The van der Waals surface area contributed by atoms with Gasteiger partial charge in [0, 0.05) is 18.7 Å². The van der Waals surface area contributed by atoms with Crippen LogP contribution in [0.5, 0.6) is 0 Å². The molecule has 0 saturated heterocycles. The number of para-hydroxylation sites is 1. The number of anilines is 1.